The zero-order valence-electron chi connectivity index (χ0n) is 17.6. The lowest BCUT2D eigenvalue weighted by Gasteiger charge is -2.35. The number of ether oxygens (including phenoxy) is 2. The number of carbonyl (C=O) groups excluding carboxylic acids is 2. The number of rotatable bonds is 3. The summed E-state index contributed by atoms with van der Waals surface area (Å²) in [5.41, 5.74) is -0.409. The van der Waals surface area contributed by atoms with Crippen LogP contribution in [0.5, 0.6) is 0 Å². The highest BCUT2D eigenvalue weighted by atomic mass is 79.9. The number of carbonyl (C=O) groups is 2. The molecule has 0 spiro atoms. The number of nitrogens with zero attached hydrogens (tertiary/aromatic N) is 3. The van der Waals surface area contributed by atoms with Crippen molar-refractivity contribution >= 4 is 38.9 Å². The van der Waals surface area contributed by atoms with Gasteiger partial charge in [0.25, 0.3) is 0 Å². The molecule has 0 radical (unpaired) electrons. The summed E-state index contributed by atoms with van der Waals surface area (Å²) in [4.78, 5) is 43.8. The van der Waals surface area contributed by atoms with E-state index >= 15 is 0 Å². The Balaban J connectivity index is 2.04. The summed E-state index contributed by atoms with van der Waals surface area (Å²) in [5, 5.41) is 0.372. The molecule has 3 rings (SSSR count). The van der Waals surface area contributed by atoms with E-state index in [4.69, 9.17) is 9.47 Å². The van der Waals surface area contributed by atoms with E-state index in [2.05, 4.69) is 20.9 Å². The second-order valence-electron chi connectivity index (χ2n) is 8.25. The molecule has 0 aromatic carbocycles. The van der Waals surface area contributed by atoms with Gasteiger partial charge in [-0.15, -0.1) is 0 Å². The van der Waals surface area contributed by atoms with Crippen LogP contribution in [-0.2, 0) is 9.47 Å². The minimum absolute atomic E-state index is 0.0307. The second kappa shape index (κ2) is 8.75. The molecule has 0 aliphatic carbocycles. The Morgan fingerprint density at radius 3 is 2.73 bits per heavy atom. The predicted octanol–water partition coefficient (Wildman–Crippen LogP) is 3.91. The van der Waals surface area contributed by atoms with Gasteiger partial charge in [-0.1, -0.05) is 0 Å². The SMILES string of the molecule is CCOC(=O)c1cn([C@@H]2CCCN(C(=O)OC(C)(C)C)C2)c2cnc(Br)cc2c1=O. The highest BCUT2D eigenvalue weighted by Crippen LogP contribution is 2.27. The van der Waals surface area contributed by atoms with Crippen molar-refractivity contribution in [1.29, 1.82) is 0 Å². The third-order valence-electron chi connectivity index (χ3n) is 4.82. The third kappa shape index (κ3) is 4.83. The average molecular weight is 480 g/mol. The van der Waals surface area contributed by atoms with Crippen molar-refractivity contribution in [2.24, 2.45) is 0 Å². The van der Waals surface area contributed by atoms with Crippen molar-refractivity contribution in [3.63, 3.8) is 0 Å². The minimum Gasteiger partial charge on any atom is -0.462 e. The molecule has 0 bridgehead atoms. The number of piperidine rings is 1. The van der Waals surface area contributed by atoms with Crippen LogP contribution >= 0.6 is 15.9 Å². The fourth-order valence-corrected chi connectivity index (χ4v) is 3.88. The monoisotopic (exact) mass is 479 g/mol. The van der Waals surface area contributed by atoms with Gasteiger partial charge in [-0.3, -0.25) is 4.79 Å². The maximum Gasteiger partial charge on any atom is 0.410 e. The van der Waals surface area contributed by atoms with Crippen LogP contribution in [0.1, 0.15) is 56.9 Å². The van der Waals surface area contributed by atoms with E-state index in [1.54, 1.807) is 24.1 Å². The molecule has 162 valence electrons. The van der Waals surface area contributed by atoms with E-state index in [1.807, 2.05) is 25.3 Å². The van der Waals surface area contributed by atoms with Crippen molar-refractivity contribution in [3.8, 4) is 0 Å². The van der Waals surface area contributed by atoms with Gasteiger partial charge in [0.05, 0.1) is 29.7 Å². The fourth-order valence-electron chi connectivity index (χ4n) is 3.55. The molecule has 1 aliphatic heterocycles. The first-order valence-electron chi connectivity index (χ1n) is 9.96. The Morgan fingerprint density at radius 1 is 1.33 bits per heavy atom. The van der Waals surface area contributed by atoms with Crippen molar-refractivity contribution in [1.82, 2.24) is 14.5 Å². The highest BCUT2D eigenvalue weighted by molar-refractivity contribution is 9.10. The maximum atomic E-state index is 12.9. The summed E-state index contributed by atoms with van der Waals surface area (Å²) >= 11 is 3.29. The van der Waals surface area contributed by atoms with Gasteiger partial charge in [0.2, 0.25) is 5.43 Å². The van der Waals surface area contributed by atoms with Gasteiger partial charge in [0.15, 0.2) is 0 Å². The van der Waals surface area contributed by atoms with Crippen molar-refractivity contribution in [2.75, 3.05) is 19.7 Å². The summed E-state index contributed by atoms with van der Waals surface area (Å²) in [6.07, 6.45) is 4.32. The van der Waals surface area contributed by atoms with Crippen LogP contribution in [0.4, 0.5) is 4.79 Å². The summed E-state index contributed by atoms with van der Waals surface area (Å²) in [6.45, 7) is 8.36. The van der Waals surface area contributed by atoms with E-state index in [0.717, 1.165) is 12.8 Å². The quantitative estimate of drug-likeness (QED) is 0.489. The van der Waals surface area contributed by atoms with E-state index in [-0.39, 0.29) is 24.3 Å². The molecular weight excluding hydrogens is 454 g/mol. The predicted molar refractivity (Wildman–Crippen MR) is 116 cm³/mol. The van der Waals surface area contributed by atoms with Crippen LogP contribution < -0.4 is 5.43 Å². The summed E-state index contributed by atoms with van der Waals surface area (Å²) in [5.74, 6) is -0.661. The molecule has 1 fully saturated rings. The van der Waals surface area contributed by atoms with Crippen LogP contribution in [0.15, 0.2) is 27.9 Å². The first kappa shape index (κ1) is 22.3. The zero-order chi connectivity index (χ0) is 22.1. The average Bonchev–Trinajstić information content (AvgIpc) is 2.67. The molecule has 9 heteroatoms. The third-order valence-corrected chi connectivity index (χ3v) is 5.26. The molecule has 0 saturated carbocycles. The highest BCUT2D eigenvalue weighted by Gasteiger charge is 2.30. The van der Waals surface area contributed by atoms with Gasteiger partial charge in [-0.05, 0) is 62.5 Å². The Kier molecular flexibility index (Phi) is 6.50. The Bertz CT molecular complexity index is 1030. The van der Waals surface area contributed by atoms with Gasteiger partial charge in [0, 0.05) is 19.3 Å². The maximum absolute atomic E-state index is 12.9. The van der Waals surface area contributed by atoms with Crippen LogP contribution in [0, 0.1) is 0 Å². The molecule has 30 heavy (non-hydrogen) atoms. The van der Waals surface area contributed by atoms with E-state index < -0.39 is 17.0 Å². The number of likely N-dealkylation sites (tertiary alicyclic amines) is 1. The molecule has 1 aliphatic rings. The summed E-state index contributed by atoms with van der Waals surface area (Å²) in [7, 11) is 0. The molecule has 1 atom stereocenters. The topological polar surface area (TPSA) is 90.7 Å². The molecule has 2 aromatic heterocycles. The Hall–Kier alpha value is -2.42. The van der Waals surface area contributed by atoms with Crippen molar-refractivity contribution in [2.45, 2.75) is 52.2 Å². The number of halogens is 1. The number of fused-ring (bicyclic) bond motifs is 1. The van der Waals surface area contributed by atoms with E-state index in [0.29, 0.717) is 28.6 Å². The first-order valence-corrected chi connectivity index (χ1v) is 10.8. The summed E-state index contributed by atoms with van der Waals surface area (Å²) in [6, 6.07) is 1.47. The number of amides is 1. The van der Waals surface area contributed by atoms with Gasteiger partial charge in [-0.25, -0.2) is 14.6 Å². The van der Waals surface area contributed by atoms with Gasteiger partial charge in [-0.2, -0.15) is 0 Å². The normalized spacial score (nSPS) is 17.1. The Labute approximate surface area is 183 Å². The molecule has 3 heterocycles. The molecule has 1 saturated heterocycles. The van der Waals surface area contributed by atoms with Crippen LogP contribution in [0.2, 0.25) is 0 Å². The molecular formula is C21H26BrN3O5. The largest absolute Gasteiger partial charge is 0.462 e. The van der Waals surface area contributed by atoms with Crippen LogP contribution in [0.25, 0.3) is 10.9 Å². The fraction of sp³-hybridized carbons (Fsp3) is 0.524. The lowest BCUT2D eigenvalue weighted by Crippen LogP contribution is -2.43. The smallest absolute Gasteiger partial charge is 0.410 e. The molecule has 2 aromatic rings. The molecule has 0 N–H and O–H groups in total. The Morgan fingerprint density at radius 2 is 2.07 bits per heavy atom. The number of pyridine rings is 2. The molecule has 0 unspecified atom stereocenters. The number of hydrogen-bond donors (Lipinski definition) is 0. The number of hydrogen-bond acceptors (Lipinski definition) is 6. The standard InChI is InChI=1S/C21H26BrN3O5/c1-5-29-19(27)15-12-25(16-10-23-17(22)9-14(16)18(15)26)13-7-6-8-24(11-13)20(28)30-21(2,3)4/h9-10,12-13H,5-8,11H2,1-4H3/t13-/m1/s1. The van der Waals surface area contributed by atoms with E-state index in [1.165, 1.54) is 6.20 Å². The first-order chi connectivity index (χ1) is 14.1. The number of aromatic nitrogens is 2. The lowest BCUT2D eigenvalue weighted by molar-refractivity contribution is 0.0173. The van der Waals surface area contributed by atoms with Crippen molar-refractivity contribution < 1.29 is 19.1 Å². The summed E-state index contributed by atoms with van der Waals surface area (Å²) < 4.78 is 13.0. The van der Waals surface area contributed by atoms with Crippen LogP contribution in [0.3, 0.4) is 0 Å². The van der Waals surface area contributed by atoms with E-state index in [9.17, 15) is 14.4 Å². The minimum atomic E-state index is -0.661. The van der Waals surface area contributed by atoms with Crippen molar-refractivity contribution in [3.05, 3.63) is 38.9 Å². The molecule has 8 nitrogen and oxygen atoms in total. The van der Waals surface area contributed by atoms with Gasteiger partial charge >= 0.3 is 12.1 Å². The van der Waals surface area contributed by atoms with Gasteiger partial charge < -0.3 is 18.9 Å². The zero-order valence-corrected chi connectivity index (χ0v) is 19.2. The van der Waals surface area contributed by atoms with Gasteiger partial charge in [0.1, 0.15) is 15.8 Å². The molecule has 1 amide bonds. The second-order valence-corrected chi connectivity index (χ2v) is 9.06. The lowest BCUT2D eigenvalue weighted by atomic mass is 10.0. The number of esters is 1. The van der Waals surface area contributed by atoms with Crippen LogP contribution in [-0.4, -0.2) is 51.8 Å².